The first-order chi connectivity index (χ1) is 11.4. The third-order valence-corrected chi connectivity index (χ3v) is 6.15. The molecule has 0 bridgehead atoms. The van der Waals surface area contributed by atoms with Gasteiger partial charge in [-0.25, -0.2) is 9.67 Å². The highest BCUT2D eigenvalue weighted by atomic mass is 79.9. The third-order valence-electron chi connectivity index (χ3n) is 3.41. The molecule has 0 atom stereocenters. The zero-order valence-electron chi connectivity index (χ0n) is 13.7. The summed E-state index contributed by atoms with van der Waals surface area (Å²) in [7, 11) is 0. The normalized spacial score (nSPS) is 11.8. The molecule has 0 amide bonds. The van der Waals surface area contributed by atoms with Crippen molar-refractivity contribution in [1.29, 1.82) is 0 Å². The number of nitrogens with zero attached hydrogens (tertiary/aromatic N) is 5. The molecule has 0 aliphatic carbocycles. The Bertz CT molecular complexity index is 807. The quantitative estimate of drug-likeness (QED) is 0.600. The van der Waals surface area contributed by atoms with Gasteiger partial charge in [-0.1, -0.05) is 62.4 Å². The maximum Gasteiger partial charge on any atom is 0.216 e. The molecule has 0 fully saturated rings. The van der Waals surface area contributed by atoms with E-state index in [0.717, 1.165) is 31.9 Å². The van der Waals surface area contributed by atoms with Crippen LogP contribution in [0.1, 0.15) is 32.0 Å². The molecular weight excluding hydrogens is 406 g/mol. The van der Waals surface area contributed by atoms with Crippen molar-refractivity contribution < 1.29 is 0 Å². The van der Waals surface area contributed by atoms with Crippen LogP contribution in [0.5, 0.6) is 0 Å². The SMILES string of the molecule is CC(C)(C)c1nc(Sc2nnnn2CCc2ccccc2)sc1Br. The number of hydrogen-bond acceptors (Lipinski definition) is 6. The maximum atomic E-state index is 4.74. The first-order valence-electron chi connectivity index (χ1n) is 7.58. The Hall–Kier alpha value is -1.25. The number of hydrogen-bond donors (Lipinski definition) is 0. The van der Waals surface area contributed by atoms with Crippen LogP contribution in [0.25, 0.3) is 0 Å². The molecule has 0 radical (unpaired) electrons. The standard InChI is InChI=1S/C16H18BrN5S2/c1-16(2,3)12-13(17)23-15(18-12)24-14-19-20-21-22(14)10-9-11-7-5-4-6-8-11/h4-8H,9-10H2,1-3H3. The lowest BCUT2D eigenvalue weighted by Gasteiger charge is -2.15. The lowest BCUT2D eigenvalue weighted by atomic mass is 9.93. The molecule has 3 aromatic rings. The summed E-state index contributed by atoms with van der Waals surface area (Å²) in [6.45, 7) is 7.22. The number of tetrazole rings is 1. The first-order valence-corrected chi connectivity index (χ1v) is 10.0. The second-order valence-electron chi connectivity index (χ2n) is 6.37. The molecule has 3 rings (SSSR count). The van der Waals surface area contributed by atoms with Gasteiger partial charge in [0.1, 0.15) is 0 Å². The molecular formula is C16H18BrN5S2. The monoisotopic (exact) mass is 423 g/mol. The minimum atomic E-state index is 0.00732. The van der Waals surface area contributed by atoms with Crippen molar-refractivity contribution in [2.75, 3.05) is 0 Å². The van der Waals surface area contributed by atoms with E-state index in [1.807, 2.05) is 22.9 Å². The topological polar surface area (TPSA) is 56.5 Å². The second-order valence-corrected chi connectivity index (χ2v) is 9.91. The number of halogens is 1. The van der Waals surface area contributed by atoms with Gasteiger partial charge in [0.25, 0.3) is 0 Å². The largest absolute Gasteiger partial charge is 0.232 e. The average molecular weight is 424 g/mol. The van der Waals surface area contributed by atoms with E-state index in [-0.39, 0.29) is 5.41 Å². The zero-order valence-corrected chi connectivity index (χ0v) is 17.0. The van der Waals surface area contributed by atoms with Crippen LogP contribution in [0, 0.1) is 0 Å². The molecule has 8 heteroatoms. The summed E-state index contributed by atoms with van der Waals surface area (Å²) >= 11 is 6.75. The molecule has 5 nitrogen and oxygen atoms in total. The minimum absolute atomic E-state index is 0.00732. The lowest BCUT2D eigenvalue weighted by molar-refractivity contribution is 0.548. The van der Waals surface area contributed by atoms with Crippen LogP contribution in [0.15, 0.2) is 43.6 Å². The Balaban J connectivity index is 1.72. The first kappa shape index (κ1) is 17.6. The summed E-state index contributed by atoms with van der Waals surface area (Å²) in [6.07, 6.45) is 0.897. The Morgan fingerprint density at radius 2 is 1.96 bits per heavy atom. The van der Waals surface area contributed by atoms with Crippen LogP contribution in [-0.4, -0.2) is 25.2 Å². The Labute approximate surface area is 158 Å². The van der Waals surface area contributed by atoms with Crippen molar-refractivity contribution in [1.82, 2.24) is 25.2 Å². The molecule has 2 heterocycles. The van der Waals surface area contributed by atoms with Crippen LogP contribution in [0.2, 0.25) is 0 Å². The lowest BCUT2D eigenvalue weighted by Crippen LogP contribution is -2.12. The molecule has 24 heavy (non-hydrogen) atoms. The number of thiazole rings is 1. The smallest absolute Gasteiger partial charge is 0.216 e. The molecule has 0 aliphatic heterocycles. The molecule has 0 saturated heterocycles. The van der Waals surface area contributed by atoms with E-state index < -0.39 is 0 Å². The summed E-state index contributed by atoms with van der Waals surface area (Å²) in [6, 6.07) is 10.3. The summed E-state index contributed by atoms with van der Waals surface area (Å²) in [5.41, 5.74) is 2.35. The van der Waals surface area contributed by atoms with E-state index in [0.29, 0.717) is 0 Å². The van der Waals surface area contributed by atoms with Crippen molar-refractivity contribution in [2.45, 2.75) is 48.6 Å². The fourth-order valence-electron chi connectivity index (χ4n) is 2.16. The van der Waals surface area contributed by atoms with Gasteiger partial charge in [-0.2, -0.15) is 0 Å². The van der Waals surface area contributed by atoms with Gasteiger partial charge in [-0.15, -0.1) is 5.10 Å². The van der Waals surface area contributed by atoms with E-state index >= 15 is 0 Å². The Kier molecular flexibility index (Phi) is 5.36. The van der Waals surface area contributed by atoms with Crippen LogP contribution < -0.4 is 0 Å². The van der Waals surface area contributed by atoms with E-state index in [4.69, 9.17) is 4.98 Å². The van der Waals surface area contributed by atoms with Gasteiger partial charge < -0.3 is 0 Å². The number of aromatic nitrogens is 5. The Morgan fingerprint density at radius 3 is 2.62 bits per heavy atom. The van der Waals surface area contributed by atoms with Gasteiger partial charge in [0, 0.05) is 12.0 Å². The highest BCUT2D eigenvalue weighted by Gasteiger charge is 2.23. The highest BCUT2D eigenvalue weighted by molar-refractivity contribution is 9.11. The summed E-state index contributed by atoms with van der Waals surface area (Å²) in [5.74, 6) is 0. The third kappa shape index (κ3) is 4.23. The Morgan fingerprint density at radius 1 is 1.21 bits per heavy atom. The van der Waals surface area contributed by atoms with Gasteiger partial charge >= 0.3 is 0 Å². The van der Waals surface area contributed by atoms with Gasteiger partial charge in [0.2, 0.25) is 5.16 Å². The number of benzene rings is 1. The van der Waals surface area contributed by atoms with E-state index in [1.54, 1.807) is 11.3 Å². The van der Waals surface area contributed by atoms with Crippen molar-refractivity contribution in [3.8, 4) is 0 Å². The molecule has 2 aromatic heterocycles. The molecule has 0 N–H and O–H groups in total. The van der Waals surface area contributed by atoms with Gasteiger partial charge in [0.05, 0.1) is 9.48 Å². The van der Waals surface area contributed by atoms with Crippen molar-refractivity contribution in [2.24, 2.45) is 0 Å². The van der Waals surface area contributed by atoms with Crippen molar-refractivity contribution >= 4 is 39.0 Å². The summed E-state index contributed by atoms with van der Waals surface area (Å²) in [5, 5.41) is 12.8. The second kappa shape index (κ2) is 7.33. The molecule has 0 aliphatic rings. The van der Waals surface area contributed by atoms with Crippen molar-refractivity contribution in [3.63, 3.8) is 0 Å². The predicted molar refractivity (Wildman–Crippen MR) is 101 cm³/mol. The fourth-order valence-corrected chi connectivity index (χ4v) is 5.60. The minimum Gasteiger partial charge on any atom is -0.232 e. The average Bonchev–Trinajstić information content (AvgIpc) is 3.12. The van der Waals surface area contributed by atoms with Crippen molar-refractivity contribution in [3.05, 3.63) is 45.4 Å². The van der Waals surface area contributed by atoms with Crippen LogP contribution >= 0.6 is 39.0 Å². The highest BCUT2D eigenvalue weighted by Crippen LogP contribution is 2.39. The van der Waals surface area contributed by atoms with E-state index in [1.165, 1.54) is 17.3 Å². The van der Waals surface area contributed by atoms with E-state index in [2.05, 4.69) is 64.4 Å². The predicted octanol–water partition coefficient (Wildman–Crippen LogP) is 4.58. The molecule has 126 valence electrons. The summed E-state index contributed by atoms with van der Waals surface area (Å²) < 4.78 is 3.85. The van der Waals surface area contributed by atoms with Gasteiger partial charge in [-0.05, 0) is 50.1 Å². The van der Waals surface area contributed by atoms with Crippen LogP contribution in [0.3, 0.4) is 0 Å². The molecule has 0 spiro atoms. The zero-order chi connectivity index (χ0) is 17.2. The van der Waals surface area contributed by atoms with E-state index in [9.17, 15) is 0 Å². The maximum absolute atomic E-state index is 4.74. The number of aryl methyl sites for hydroxylation is 2. The summed E-state index contributed by atoms with van der Waals surface area (Å²) in [4.78, 5) is 4.74. The van der Waals surface area contributed by atoms with Crippen LogP contribution in [-0.2, 0) is 18.4 Å². The molecule has 1 aromatic carbocycles. The molecule has 0 unspecified atom stereocenters. The van der Waals surface area contributed by atoms with Gasteiger partial charge in [0.15, 0.2) is 4.34 Å². The molecule has 0 saturated carbocycles. The fraction of sp³-hybridized carbons (Fsp3) is 0.375. The van der Waals surface area contributed by atoms with Crippen LogP contribution in [0.4, 0.5) is 0 Å². The van der Waals surface area contributed by atoms with Gasteiger partial charge in [-0.3, -0.25) is 0 Å². The number of rotatable bonds is 5.